The van der Waals surface area contributed by atoms with Crippen LogP contribution in [0.15, 0.2) is 0 Å². The van der Waals surface area contributed by atoms with E-state index >= 15 is 0 Å². The zero-order valence-corrected chi connectivity index (χ0v) is 24.8. The van der Waals surface area contributed by atoms with Crippen molar-refractivity contribution in [3.8, 4) is 0 Å². The smallest absolute Gasteiger partial charge is 0.410 e. The Bertz CT molecular complexity index is 805. The molecule has 38 heavy (non-hydrogen) atoms. The summed E-state index contributed by atoms with van der Waals surface area (Å²) in [7, 11) is 0. The quantitative estimate of drug-likeness (QED) is 0.403. The van der Waals surface area contributed by atoms with Gasteiger partial charge in [-0.05, 0) is 117 Å². The number of Topliss-reactive ketones (excluding diaryl/α,β-unsaturated/α-hetero) is 1. The van der Waals surface area contributed by atoms with Crippen LogP contribution in [0.4, 0.5) is 9.59 Å². The molecular weight excluding hydrogens is 484 g/mol. The molecule has 2 aliphatic heterocycles. The fraction of sp³-hybridized carbons (Fsp3) is 0.900. The Morgan fingerprint density at radius 1 is 0.684 bits per heavy atom. The number of hydrogen-bond donors (Lipinski definition) is 1. The molecule has 4 rings (SSSR count). The first kappa shape index (κ1) is 30.7. The molecule has 8 nitrogen and oxygen atoms in total. The summed E-state index contributed by atoms with van der Waals surface area (Å²) < 4.78 is 10.8. The molecule has 0 atom stereocenters. The molecule has 4 aliphatic rings. The van der Waals surface area contributed by atoms with Crippen LogP contribution in [0, 0.1) is 10.8 Å². The van der Waals surface area contributed by atoms with Crippen molar-refractivity contribution in [1.29, 1.82) is 0 Å². The number of ether oxygens (including phenoxy) is 2. The SMILES string of the molecule is CC(C)(C)OC(=O)N1CCC2(CCC(=O)CC2)CC1.CC(C)(C)OC(=O)N1CCC2(CCC(O)CC2)CC1. The fourth-order valence-corrected chi connectivity index (χ4v) is 6.25. The van der Waals surface area contributed by atoms with Gasteiger partial charge in [-0.1, -0.05) is 0 Å². The van der Waals surface area contributed by atoms with Crippen LogP contribution >= 0.6 is 0 Å². The second kappa shape index (κ2) is 12.1. The largest absolute Gasteiger partial charge is 0.444 e. The van der Waals surface area contributed by atoms with E-state index in [0.717, 1.165) is 103 Å². The zero-order chi connectivity index (χ0) is 28.2. The number of rotatable bonds is 0. The van der Waals surface area contributed by atoms with Gasteiger partial charge < -0.3 is 24.4 Å². The highest BCUT2D eigenvalue weighted by atomic mass is 16.6. The molecule has 0 aromatic heterocycles. The van der Waals surface area contributed by atoms with Crippen LogP contribution in [0.25, 0.3) is 0 Å². The van der Waals surface area contributed by atoms with Gasteiger partial charge in [-0.2, -0.15) is 0 Å². The van der Waals surface area contributed by atoms with Gasteiger partial charge in [0.05, 0.1) is 6.10 Å². The minimum absolute atomic E-state index is 0.102. The Labute approximate surface area is 229 Å². The normalized spacial score (nSPS) is 24.0. The lowest BCUT2D eigenvalue weighted by atomic mass is 9.67. The van der Waals surface area contributed by atoms with Gasteiger partial charge in [-0.3, -0.25) is 4.79 Å². The van der Waals surface area contributed by atoms with Gasteiger partial charge in [0, 0.05) is 39.0 Å². The van der Waals surface area contributed by atoms with Gasteiger partial charge in [-0.25, -0.2) is 9.59 Å². The summed E-state index contributed by atoms with van der Waals surface area (Å²) in [5.74, 6) is 0.403. The minimum Gasteiger partial charge on any atom is -0.444 e. The number of aliphatic hydroxyl groups excluding tert-OH is 1. The van der Waals surface area contributed by atoms with Gasteiger partial charge in [-0.15, -0.1) is 0 Å². The summed E-state index contributed by atoms with van der Waals surface area (Å²) in [5.41, 5.74) is -0.158. The summed E-state index contributed by atoms with van der Waals surface area (Å²) >= 11 is 0. The first-order chi connectivity index (χ1) is 17.6. The Morgan fingerprint density at radius 3 is 1.37 bits per heavy atom. The standard InChI is InChI=1S/C15H27NO3.C15H25NO3/c2*1-14(2,3)19-13(18)16-10-8-15(9-11-16)6-4-12(17)5-7-15/h12,17H,4-11H2,1-3H3;4-11H2,1-3H3. The molecule has 2 amide bonds. The van der Waals surface area contributed by atoms with E-state index in [0.29, 0.717) is 16.6 Å². The van der Waals surface area contributed by atoms with E-state index in [1.807, 2.05) is 51.3 Å². The van der Waals surface area contributed by atoms with E-state index in [4.69, 9.17) is 9.47 Å². The highest BCUT2D eigenvalue weighted by Crippen LogP contribution is 2.45. The molecule has 4 fully saturated rings. The number of likely N-dealkylation sites (tertiary alicyclic amines) is 2. The number of piperidine rings is 2. The lowest BCUT2D eigenvalue weighted by molar-refractivity contribution is -0.123. The van der Waals surface area contributed by atoms with Gasteiger partial charge in [0.2, 0.25) is 0 Å². The van der Waals surface area contributed by atoms with Crippen molar-refractivity contribution in [3.05, 3.63) is 0 Å². The Morgan fingerprint density at radius 2 is 1.03 bits per heavy atom. The Kier molecular flexibility index (Phi) is 9.81. The molecule has 2 saturated heterocycles. The first-order valence-corrected chi connectivity index (χ1v) is 14.8. The predicted octanol–water partition coefficient (Wildman–Crippen LogP) is 6.09. The molecule has 0 radical (unpaired) electrons. The van der Waals surface area contributed by atoms with Crippen LogP contribution in [-0.4, -0.2) is 76.4 Å². The van der Waals surface area contributed by atoms with Crippen molar-refractivity contribution in [1.82, 2.24) is 9.80 Å². The predicted molar refractivity (Wildman–Crippen MR) is 147 cm³/mol. The summed E-state index contributed by atoms with van der Waals surface area (Å²) in [6.45, 7) is 14.5. The molecule has 2 saturated carbocycles. The number of hydrogen-bond acceptors (Lipinski definition) is 6. The van der Waals surface area contributed by atoms with Crippen molar-refractivity contribution in [3.63, 3.8) is 0 Å². The highest BCUT2D eigenvalue weighted by molar-refractivity contribution is 5.79. The second-order valence-corrected chi connectivity index (χ2v) is 14.2. The summed E-state index contributed by atoms with van der Waals surface area (Å²) in [6.07, 6.45) is 11.2. The average Bonchev–Trinajstić information content (AvgIpc) is 2.82. The number of amides is 2. The van der Waals surface area contributed by atoms with Crippen LogP contribution in [0.5, 0.6) is 0 Å². The summed E-state index contributed by atoms with van der Waals surface area (Å²) in [5, 5.41) is 9.61. The molecule has 2 heterocycles. The minimum atomic E-state index is -0.427. The van der Waals surface area contributed by atoms with Gasteiger partial charge in [0.15, 0.2) is 0 Å². The molecular formula is C30H52N2O6. The zero-order valence-electron chi connectivity index (χ0n) is 24.8. The van der Waals surface area contributed by atoms with Crippen LogP contribution in [0.2, 0.25) is 0 Å². The lowest BCUT2D eigenvalue weighted by Gasteiger charge is -2.45. The van der Waals surface area contributed by atoms with E-state index < -0.39 is 11.2 Å². The second-order valence-electron chi connectivity index (χ2n) is 14.2. The lowest BCUT2D eigenvalue weighted by Crippen LogP contribution is -2.46. The van der Waals surface area contributed by atoms with Gasteiger partial charge in [0.1, 0.15) is 17.0 Å². The highest BCUT2D eigenvalue weighted by Gasteiger charge is 2.40. The molecule has 2 spiro atoms. The molecule has 0 bridgehead atoms. The van der Waals surface area contributed by atoms with Crippen LogP contribution in [0.3, 0.4) is 0 Å². The monoisotopic (exact) mass is 536 g/mol. The van der Waals surface area contributed by atoms with Crippen molar-refractivity contribution >= 4 is 18.0 Å². The summed E-state index contributed by atoms with van der Waals surface area (Å²) in [4.78, 5) is 39.0. The van der Waals surface area contributed by atoms with E-state index in [9.17, 15) is 19.5 Å². The molecule has 0 aromatic rings. The maximum absolute atomic E-state index is 12.0. The maximum Gasteiger partial charge on any atom is 0.410 e. The molecule has 8 heteroatoms. The van der Waals surface area contributed by atoms with Crippen molar-refractivity contribution in [2.75, 3.05) is 26.2 Å². The molecule has 218 valence electrons. The molecule has 1 N–H and O–H groups in total. The average molecular weight is 537 g/mol. The molecule has 0 aromatic carbocycles. The van der Waals surface area contributed by atoms with Gasteiger partial charge >= 0.3 is 12.2 Å². The summed E-state index contributed by atoms with van der Waals surface area (Å²) in [6, 6.07) is 0. The van der Waals surface area contributed by atoms with E-state index in [1.165, 1.54) is 0 Å². The number of nitrogens with zero attached hydrogens (tertiary/aromatic N) is 2. The van der Waals surface area contributed by atoms with E-state index in [2.05, 4.69) is 0 Å². The van der Waals surface area contributed by atoms with Crippen LogP contribution < -0.4 is 0 Å². The third-order valence-corrected chi connectivity index (χ3v) is 8.84. The van der Waals surface area contributed by atoms with E-state index in [-0.39, 0.29) is 18.3 Å². The fourth-order valence-electron chi connectivity index (χ4n) is 6.25. The van der Waals surface area contributed by atoms with Crippen LogP contribution in [-0.2, 0) is 14.3 Å². The van der Waals surface area contributed by atoms with Crippen molar-refractivity contribution in [2.45, 2.75) is 136 Å². The maximum atomic E-state index is 12.0. The van der Waals surface area contributed by atoms with E-state index in [1.54, 1.807) is 0 Å². The van der Waals surface area contributed by atoms with Crippen molar-refractivity contribution < 1.29 is 29.0 Å². The Balaban J connectivity index is 0.000000211. The number of aliphatic hydroxyl groups is 1. The number of carbonyl (C=O) groups excluding carboxylic acids is 3. The third-order valence-electron chi connectivity index (χ3n) is 8.84. The van der Waals surface area contributed by atoms with Crippen LogP contribution in [0.1, 0.15) is 119 Å². The number of carbonyl (C=O) groups is 3. The number of ketones is 1. The third kappa shape index (κ3) is 9.13. The Hall–Kier alpha value is -1.83. The van der Waals surface area contributed by atoms with Gasteiger partial charge in [0.25, 0.3) is 0 Å². The molecule has 2 aliphatic carbocycles. The van der Waals surface area contributed by atoms with Crippen molar-refractivity contribution in [2.24, 2.45) is 10.8 Å². The molecule has 0 unspecified atom stereocenters. The topological polar surface area (TPSA) is 96.4 Å². The first-order valence-electron chi connectivity index (χ1n) is 14.8.